The summed E-state index contributed by atoms with van der Waals surface area (Å²) in [4.78, 5) is 10.0. The molecule has 0 spiro atoms. The minimum atomic E-state index is -4.49. The lowest BCUT2D eigenvalue weighted by Crippen LogP contribution is -2.45. The number of nitrogens with zero attached hydrogens (tertiary/aromatic N) is 3. The number of alkyl halides is 3. The number of guanidine groups is 1. The molecule has 152 valence electrons. The van der Waals surface area contributed by atoms with Gasteiger partial charge in [0, 0.05) is 39.4 Å². The molecule has 1 aromatic rings. The lowest BCUT2D eigenvalue weighted by Gasteiger charge is -2.26. The third kappa shape index (κ3) is 7.39. The summed E-state index contributed by atoms with van der Waals surface area (Å²) in [6.45, 7) is 5.51. The first-order valence-electron chi connectivity index (χ1n) is 8.50. The Morgan fingerprint density at radius 3 is 2.67 bits per heavy atom. The monoisotopic (exact) mass is 409 g/mol. The number of aromatic nitrogens is 1. The second kappa shape index (κ2) is 10.5. The first kappa shape index (κ1) is 21.5. The van der Waals surface area contributed by atoms with Gasteiger partial charge < -0.3 is 20.1 Å². The van der Waals surface area contributed by atoms with Gasteiger partial charge in [0.05, 0.1) is 25.3 Å². The molecule has 1 aliphatic heterocycles. The summed E-state index contributed by atoms with van der Waals surface area (Å²) in [6.07, 6.45) is -3.79. The van der Waals surface area contributed by atoms with Gasteiger partial charge in [-0.05, 0) is 6.07 Å². The van der Waals surface area contributed by atoms with E-state index in [9.17, 15) is 13.2 Å². The maximum atomic E-state index is 12.6. The minimum absolute atomic E-state index is 0.0401. The second-order valence-corrected chi connectivity index (χ2v) is 6.14. The summed E-state index contributed by atoms with van der Waals surface area (Å²) in [6, 6.07) is 0.795. The first-order chi connectivity index (χ1) is 12.9. The van der Waals surface area contributed by atoms with Crippen LogP contribution in [0.2, 0.25) is 5.02 Å². The predicted molar refractivity (Wildman–Crippen MR) is 96.4 cm³/mol. The molecule has 1 saturated heterocycles. The fraction of sp³-hybridized carbons (Fsp3) is 0.625. The maximum Gasteiger partial charge on any atom is 0.417 e. The molecule has 1 aromatic heterocycles. The van der Waals surface area contributed by atoms with Gasteiger partial charge in [-0.3, -0.25) is 9.89 Å². The second-order valence-electron chi connectivity index (χ2n) is 5.74. The van der Waals surface area contributed by atoms with Gasteiger partial charge in [0.25, 0.3) is 0 Å². The topological polar surface area (TPSA) is 71.0 Å². The van der Waals surface area contributed by atoms with Crippen molar-refractivity contribution >= 4 is 17.6 Å². The Balaban J connectivity index is 1.67. The van der Waals surface area contributed by atoms with Crippen LogP contribution in [0.3, 0.4) is 0 Å². The molecule has 27 heavy (non-hydrogen) atoms. The summed E-state index contributed by atoms with van der Waals surface area (Å²) in [5.41, 5.74) is -0.914. The van der Waals surface area contributed by atoms with E-state index in [0.717, 1.165) is 45.5 Å². The lowest BCUT2D eigenvalue weighted by molar-refractivity contribution is -0.137. The summed E-state index contributed by atoms with van der Waals surface area (Å²) in [5, 5.41) is 6.05. The molecule has 2 rings (SSSR count). The van der Waals surface area contributed by atoms with Gasteiger partial charge in [0.2, 0.25) is 5.88 Å². The molecule has 2 heterocycles. The molecule has 0 amide bonds. The Morgan fingerprint density at radius 1 is 1.33 bits per heavy atom. The van der Waals surface area contributed by atoms with Gasteiger partial charge in [0.1, 0.15) is 11.6 Å². The molecule has 0 bridgehead atoms. The molecule has 0 aliphatic carbocycles. The Kier molecular flexibility index (Phi) is 8.39. The van der Waals surface area contributed by atoms with Crippen molar-refractivity contribution in [2.24, 2.45) is 4.99 Å². The number of morpholine rings is 1. The standard InChI is InChI=1S/C16H23ClF3N5O2/c1-21-15(22-2-4-25-5-8-26-9-6-25)23-3-7-27-14-13(17)10-12(11-24-14)16(18,19)20/h10-11H,2-9H2,1H3,(H2,21,22,23). The van der Waals surface area contributed by atoms with Crippen LogP contribution in [-0.2, 0) is 10.9 Å². The molecule has 1 aliphatic rings. The van der Waals surface area contributed by atoms with Crippen LogP contribution in [-0.4, -0.2) is 75.4 Å². The van der Waals surface area contributed by atoms with E-state index in [-0.39, 0.29) is 17.5 Å². The minimum Gasteiger partial charge on any atom is -0.475 e. The molecule has 0 atom stereocenters. The van der Waals surface area contributed by atoms with Crippen molar-refractivity contribution in [2.75, 3.05) is 59.6 Å². The van der Waals surface area contributed by atoms with E-state index in [2.05, 4.69) is 25.5 Å². The Labute approximate surface area is 160 Å². The lowest BCUT2D eigenvalue weighted by atomic mass is 10.3. The number of ether oxygens (including phenoxy) is 2. The van der Waals surface area contributed by atoms with Gasteiger partial charge in [-0.1, -0.05) is 11.6 Å². The number of rotatable bonds is 7. The van der Waals surface area contributed by atoms with Crippen molar-refractivity contribution in [3.8, 4) is 5.88 Å². The van der Waals surface area contributed by atoms with Gasteiger partial charge in [0.15, 0.2) is 5.96 Å². The van der Waals surface area contributed by atoms with Crippen molar-refractivity contribution in [2.45, 2.75) is 6.18 Å². The molecule has 11 heteroatoms. The molecular formula is C16H23ClF3N5O2. The first-order valence-corrected chi connectivity index (χ1v) is 8.88. The van der Waals surface area contributed by atoms with Crippen molar-refractivity contribution in [1.29, 1.82) is 0 Å². The summed E-state index contributed by atoms with van der Waals surface area (Å²) >= 11 is 5.79. The van der Waals surface area contributed by atoms with E-state index in [4.69, 9.17) is 21.1 Å². The van der Waals surface area contributed by atoms with Crippen LogP contribution in [0.4, 0.5) is 13.2 Å². The summed E-state index contributed by atoms with van der Waals surface area (Å²) in [5.74, 6) is 0.570. The SMILES string of the molecule is CN=C(NCCOc1ncc(C(F)(F)F)cc1Cl)NCCN1CCOCC1. The van der Waals surface area contributed by atoms with Gasteiger partial charge in [-0.2, -0.15) is 13.2 Å². The number of aliphatic imine (C=N–C) groups is 1. The number of nitrogens with one attached hydrogen (secondary N) is 2. The van der Waals surface area contributed by atoms with Crippen molar-refractivity contribution in [3.05, 3.63) is 22.8 Å². The quantitative estimate of drug-likeness (QED) is 0.405. The van der Waals surface area contributed by atoms with E-state index in [1.807, 2.05) is 0 Å². The largest absolute Gasteiger partial charge is 0.475 e. The zero-order valence-electron chi connectivity index (χ0n) is 15.0. The van der Waals surface area contributed by atoms with Crippen LogP contribution in [0.25, 0.3) is 0 Å². The number of pyridine rings is 1. The van der Waals surface area contributed by atoms with E-state index >= 15 is 0 Å². The van der Waals surface area contributed by atoms with Gasteiger partial charge in [-0.15, -0.1) is 0 Å². The highest BCUT2D eigenvalue weighted by Gasteiger charge is 2.31. The smallest absolute Gasteiger partial charge is 0.417 e. The highest BCUT2D eigenvalue weighted by atomic mass is 35.5. The van der Waals surface area contributed by atoms with Crippen molar-refractivity contribution < 1.29 is 22.6 Å². The third-order valence-electron chi connectivity index (χ3n) is 3.82. The van der Waals surface area contributed by atoms with E-state index < -0.39 is 11.7 Å². The molecule has 0 saturated carbocycles. The fourth-order valence-corrected chi connectivity index (χ4v) is 2.60. The molecule has 1 fully saturated rings. The normalized spacial score (nSPS) is 16.3. The van der Waals surface area contributed by atoms with E-state index in [0.29, 0.717) is 18.7 Å². The maximum absolute atomic E-state index is 12.6. The highest BCUT2D eigenvalue weighted by Crippen LogP contribution is 2.32. The average Bonchev–Trinajstić information content (AvgIpc) is 2.64. The van der Waals surface area contributed by atoms with E-state index in [1.165, 1.54) is 0 Å². The molecule has 2 N–H and O–H groups in total. The Bertz CT molecular complexity index is 625. The predicted octanol–water partition coefficient (Wildman–Crippen LogP) is 1.63. The fourth-order valence-electron chi connectivity index (χ4n) is 2.38. The Hall–Kier alpha value is -1.78. The zero-order chi connectivity index (χ0) is 19.7. The van der Waals surface area contributed by atoms with Crippen molar-refractivity contribution in [3.63, 3.8) is 0 Å². The highest BCUT2D eigenvalue weighted by molar-refractivity contribution is 6.31. The molecule has 0 radical (unpaired) electrons. The van der Waals surface area contributed by atoms with Crippen LogP contribution in [0, 0.1) is 0 Å². The van der Waals surface area contributed by atoms with Gasteiger partial charge >= 0.3 is 6.18 Å². The molecule has 0 unspecified atom stereocenters. The average molecular weight is 410 g/mol. The molecule has 7 nitrogen and oxygen atoms in total. The number of hydrogen-bond donors (Lipinski definition) is 2. The van der Waals surface area contributed by atoms with Crippen LogP contribution in [0.15, 0.2) is 17.3 Å². The van der Waals surface area contributed by atoms with Gasteiger partial charge in [-0.25, -0.2) is 4.98 Å². The van der Waals surface area contributed by atoms with Crippen molar-refractivity contribution in [1.82, 2.24) is 20.5 Å². The summed E-state index contributed by atoms with van der Waals surface area (Å²) < 4.78 is 48.3. The number of halogens is 4. The Morgan fingerprint density at radius 2 is 2.04 bits per heavy atom. The van der Waals surface area contributed by atoms with Crippen LogP contribution in [0.5, 0.6) is 5.88 Å². The van der Waals surface area contributed by atoms with Crippen LogP contribution < -0.4 is 15.4 Å². The van der Waals surface area contributed by atoms with Crippen LogP contribution in [0.1, 0.15) is 5.56 Å². The molecular weight excluding hydrogens is 387 g/mol. The third-order valence-corrected chi connectivity index (χ3v) is 4.09. The number of hydrogen-bond acceptors (Lipinski definition) is 5. The van der Waals surface area contributed by atoms with E-state index in [1.54, 1.807) is 7.05 Å². The van der Waals surface area contributed by atoms with Crippen LogP contribution >= 0.6 is 11.6 Å². The molecule has 0 aromatic carbocycles. The summed E-state index contributed by atoms with van der Waals surface area (Å²) in [7, 11) is 1.65. The zero-order valence-corrected chi connectivity index (χ0v) is 15.7.